The van der Waals surface area contributed by atoms with Gasteiger partial charge in [-0.3, -0.25) is 14.4 Å². The van der Waals surface area contributed by atoms with E-state index in [0.29, 0.717) is 41.3 Å². The summed E-state index contributed by atoms with van der Waals surface area (Å²) in [6.07, 6.45) is 1.56. The molecule has 2 aromatic carbocycles. The van der Waals surface area contributed by atoms with Gasteiger partial charge in [-0.15, -0.1) is 0 Å². The Hall–Kier alpha value is -3.52. The highest BCUT2D eigenvalue weighted by molar-refractivity contribution is 6.47. The molecule has 0 spiro atoms. The van der Waals surface area contributed by atoms with E-state index in [1.807, 2.05) is 0 Å². The average Bonchev–Trinajstić information content (AvgIpc) is 3.07. The van der Waals surface area contributed by atoms with Crippen LogP contribution in [0.4, 0.5) is 0 Å². The zero-order valence-corrected chi connectivity index (χ0v) is 19.7. The smallest absolute Gasteiger partial charge is 0.303 e. The number of benzene rings is 2. The molecule has 9 heteroatoms. The van der Waals surface area contributed by atoms with Crippen molar-refractivity contribution >= 4 is 35.0 Å². The lowest BCUT2D eigenvalue weighted by molar-refractivity contribution is -0.140. The van der Waals surface area contributed by atoms with Crippen LogP contribution < -0.4 is 9.47 Å². The molecule has 2 N–H and O–H groups in total. The van der Waals surface area contributed by atoms with Crippen LogP contribution in [-0.2, 0) is 14.4 Å². The molecule has 1 amide bonds. The third-order valence-corrected chi connectivity index (χ3v) is 6.03. The molecule has 34 heavy (non-hydrogen) atoms. The summed E-state index contributed by atoms with van der Waals surface area (Å²) in [4.78, 5) is 38.2. The molecule has 1 aliphatic heterocycles. The first kappa shape index (κ1) is 25.1. The van der Waals surface area contributed by atoms with E-state index < -0.39 is 23.7 Å². The maximum atomic E-state index is 13.1. The first-order chi connectivity index (χ1) is 16.3. The molecule has 1 saturated heterocycles. The van der Waals surface area contributed by atoms with Crippen LogP contribution in [0.2, 0.25) is 5.02 Å². The summed E-state index contributed by atoms with van der Waals surface area (Å²) in [6, 6.07) is 10.6. The van der Waals surface area contributed by atoms with Gasteiger partial charge in [0.05, 0.1) is 25.8 Å². The number of rotatable bonds is 10. The number of unbranched alkanes of at least 4 members (excludes halogenated alkanes) is 2. The number of nitrogens with zero attached hydrogens (tertiary/aromatic N) is 1. The third-order valence-electron chi connectivity index (χ3n) is 5.69. The summed E-state index contributed by atoms with van der Waals surface area (Å²) in [6.45, 7) is 0.211. The lowest BCUT2D eigenvalue weighted by Crippen LogP contribution is -2.30. The number of carbonyl (C=O) groups excluding carboxylic acids is 2. The first-order valence-electron chi connectivity index (χ1n) is 10.8. The molecule has 180 valence electrons. The Morgan fingerprint density at radius 3 is 2.35 bits per heavy atom. The number of ether oxygens (including phenoxy) is 2. The quantitative estimate of drug-likeness (QED) is 0.220. The van der Waals surface area contributed by atoms with Crippen LogP contribution >= 0.6 is 11.6 Å². The highest BCUT2D eigenvalue weighted by Crippen LogP contribution is 2.42. The van der Waals surface area contributed by atoms with E-state index in [9.17, 15) is 19.5 Å². The van der Waals surface area contributed by atoms with Gasteiger partial charge < -0.3 is 24.6 Å². The Bertz CT molecular complexity index is 1130. The maximum Gasteiger partial charge on any atom is 0.303 e. The Kier molecular flexibility index (Phi) is 8.17. The summed E-state index contributed by atoms with van der Waals surface area (Å²) in [7, 11) is 2.94. The summed E-state index contributed by atoms with van der Waals surface area (Å²) >= 11 is 6.43. The predicted molar refractivity (Wildman–Crippen MR) is 126 cm³/mol. The standard InChI is InChI=1S/C25H26ClNO7/c1-33-18-12-11-15(14-19(18)34-2)23(30)21-22(16-8-5-6-9-17(16)26)27(25(32)24(21)31)13-7-3-4-10-20(28)29/h5-6,8-9,11-12,14,22,30H,3-4,7,10,13H2,1-2H3,(H,28,29)/b23-21-. The van der Waals surface area contributed by atoms with Gasteiger partial charge in [0.2, 0.25) is 0 Å². The Morgan fingerprint density at radius 1 is 1.00 bits per heavy atom. The van der Waals surface area contributed by atoms with Crippen LogP contribution in [0.5, 0.6) is 11.5 Å². The predicted octanol–water partition coefficient (Wildman–Crippen LogP) is 4.42. The molecule has 1 aliphatic rings. The van der Waals surface area contributed by atoms with E-state index in [1.54, 1.807) is 36.4 Å². The van der Waals surface area contributed by atoms with Gasteiger partial charge in [-0.1, -0.05) is 36.2 Å². The minimum absolute atomic E-state index is 0.0338. The summed E-state index contributed by atoms with van der Waals surface area (Å²) in [5.41, 5.74) is 0.723. The number of carboxylic acids is 1. The van der Waals surface area contributed by atoms with Crippen LogP contribution in [0.15, 0.2) is 48.0 Å². The number of Topliss-reactive ketones (excluding diaryl/α,β-unsaturated/α-hetero) is 1. The second kappa shape index (κ2) is 11.1. The number of aliphatic hydroxyl groups excluding tert-OH is 1. The molecule has 1 heterocycles. The van der Waals surface area contributed by atoms with Crippen molar-refractivity contribution in [2.75, 3.05) is 20.8 Å². The molecule has 0 saturated carbocycles. The third kappa shape index (κ3) is 5.17. The van der Waals surface area contributed by atoms with E-state index in [-0.39, 0.29) is 29.9 Å². The van der Waals surface area contributed by atoms with Gasteiger partial charge in [0, 0.05) is 23.6 Å². The molecule has 1 unspecified atom stereocenters. The lowest BCUT2D eigenvalue weighted by Gasteiger charge is -2.26. The molecule has 0 aromatic heterocycles. The second-order valence-corrected chi connectivity index (χ2v) is 8.20. The number of ketones is 1. The average molecular weight is 488 g/mol. The number of amides is 1. The maximum absolute atomic E-state index is 13.1. The minimum atomic E-state index is -0.888. The summed E-state index contributed by atoms with van der Waals surface area (Å²) in [5, 5.41) is 20.4. The largest absolute Gasteiger partial charge is 0.507 e. The van der Waals surface area contributed by atoms with Crippen molar-refractivity contribution in [2.24, 2.45) is 0 Å². The fourth-order valence-corrected chi connectivity index (χ4v) is 4.24. The van der Waals surface area contributed by atoms with E-state index in [4.69, 9.17) is 26.2 Å². The van der Waals surface area contributed by atoms with Crippen LogP contribution in [0.25, 0.3) is 5.76 Å². The Morgan fingerprint density at radius 2 is 1.71 bits per heavy atom. The van der Waals surface area contributed by atoms with Gasteiger partial charge in [-0.25, -0.2) is 0 Å². The molecule has 1 atom stereocenters. The number of hydrogen-bond acceptors (Lipinski definition) is 6. The SMILES string of the molecule is COc1ccc(/C(O)=C2/C(=O)C(=O)N(CCCCCC(=O)O)C2c2ccccc2Cl)cc1OC. The van der Waals surface area contributed by atoms with Crippen molar-refractivity contribution < 1.29 is 34.1 Å². The molecular weight excluding hydrogens is 462 g/mol. The fourth-order valence-electron chi connectivity index (χ4n) is 4.01. The summed E-state index contributed by atoms with van der Waals surface area (Å²) in [5.74, 6) is -1.99. The molecule has 0 radical (unpaired) electrons. The van der Waals surface area contributed by atoms with Gasteiger partial charge >= 0.3 is 5.97 Å². The van der Waals surface area contributed by atoms with E-state index >= 15 is 0 Å². The molecule has 0 aliphatic carbocycles. The zero-order chi connectivity index (χ0) is 24.8. The van der Waals surface area contributed by atoms with Crippen molar-refractivity contribution in [2.45, 2.75) is 31.7 Å². The molecule has 1 fully saturated rings. The van der Waals surface area contributed by atoms with Gasteiger partial charge in [0.15, 0.2) is 11.5 Å². The van der Waals surface area contributed by atoms with Crippen molar-refractivity contribution in [3.63, 3.8) is 0 Å². The first-order valence-corrected chi connectivity index (χ1v) is 11.1. The van der Waals surface area contributed by atoms with Crippen molar-refractivity contribution in [3.05, 3.63) is 64.2 Å². The monoisotopic (exact) mass is 487 g/mol. The second-order valence-electron chi connectivity index (χ2n) is 7.79. The van der Waals surface area contributed by atoms with Crippen molar-refractivity contribution in [3.8, 4) is 11.5 Å². The fraction of sp³-hybridized carbons (Fsp3) is 0.320. The summed E-state index contributed by atoms with van der Waals surface area (Å²) < 4.78 is 10.5. The van der Waals surface area contributed by atoms with E-state index in [0.717, 1.165) is 0 Å². The molecule has 3 rings (SSSR count). The normalized spacial score (nSPS) is 17.1. The van der Waals surface area contributed by atoms with E-state index in [1.165, 1.54) is 25.2 Å². The highest BCUT2D eigenvalue weighted by Gasteiger charge is 2.46. The molecular formula is C25H26ClNO7. The minimum Gasteiger partial charge on any atom is -0.507 e. The number of carbonyl (C=O) groups is 3. The number of aliphatic carboxylic acids is 1. The Balaban J connectivity index is 2.04. The van der Waals surface area contributed by atoms with E-state index in [2.05, 4.69) is 0 Å². The van der Waals surface area contributed by atoms with Crippen LogP contribution in [-0.4, -0.2) is 53.5 Å². The molecule has 8 nitrogen and oxygen atoms in total. The number of aliphatic hydroxyl groups is 1. The van der Waals surface area contributed by atoms with Crippen LogP contribution in [0.3, 0.4) is 0 Å². The Labute approximate surface area is 202 Å². The van der Waals surface area contributed by atoms with Crippen LogP contribution in [0.1, 0.15) is 42.9 Å². The molecule has 2 aromatic rings. The number of likely N-dealkylation sites (tertiary alicyclic amines) is 1. The van der Waals surface area contributed by atoms with Crippen LogP contribution in [0, 0.1) is 0 Å². The zero-order valence-electron chi connectivity index (χ0n) is 18.9. The van der Waals surface area contributed by atoms with Crippen molar-refractivity contribution in [1.29, 1.82) is 0 Å². The van der Waals surface area contributed by atoms with Gasteiger partial charge in [0.1, 0.15) is 5.76 Å². The molecule has 0 bridgehead atoms. The lowest BCUT2D eigenvalue weighted by atomic mass is 9.95. The number of halogens is 1. The van der Waals surface area contributed by atoms with Gasteiger partial charge in [-0.05, 0) is 42.7 Å². The van der Waals surface area contributed by atoms with Gasteiger partial charge in [0.25, 0.3) is 11.7 Å². The number of methoxy groups -OCH3 is 2. The topological polar surface area (TPSA) is 113 Å². The van der Waals surface area contributed by atoms with Gasteiger partial charge in [-0.2, -0.15) is 0 Å². The van der Waals surface area contributed by atoms with Crippen molar-refractivity contribution in [1.82, 2.24) is 4.90 Å². The number of carboxylic acid groups (broad SMARTS) is 1. The number of hydrogen-bond donors (Lipinski definition) is 2. The highest BCUT2D eigenvalue weighted by atomic mass is 35.5.